The molecule has 17 heavy (non-hydrogen) atoms. The molecule has 1 aromatic carbocycles. The Balaban J connectivity index is 2.34. The van der Waals surface area contributed by atoms with E-state index in [1.54, 1.807) is 0 Å². The molecule has 1 N–H and O–H groups in total. The highest BCUT2D eigenvalue weighted by Crippen LogP contribution is 2.16. The molecule has 1 rings (SSSR count). The average Bonchev–Trinajstić information content (AvgIpc) is 2.34. The second-order valence-electron chi connectivity index (χ2n) is 4.80. The van der Waals surface area contributed by atoms with Crippen molar-refractivity contribution < 1.29 is 9.84 Å². The Morgan fingerprint density at radius 3 is 2.41 bits per heavy atom. The molecule has 0 bridgehead atoms. The van der Waals surface area contributed by atoms with E-state index in [2.05, 4.69) is 26.0 Å². The fourth-order valence-electron chi connectivity index (χ4n) is 1.84. The van der Waals surface area contributed by atoms with Gasteiger partial charge in [-0.25, -0.2) is 0 Å². The first-order valence-corrected chi connectivity index (χ1v) is 6.50. The molecule has 0 saturated heterocycles. The van der Waals surface area contributed by atoms with Crippen LogP contribution in [0.15, 0.2) is 30.3 Å². The fourth-order valence-corrected chi connectivity index (χ4v) is 1.84. The molecule has 0 radical (unpaired) electrons. The number of benzene rings is 1. The Morgan fingerprint density at radius 2 is 1.82 bits per heavy atom. The average molecular weight is 236 g/mol. The predicted molar refractivity (Wildman–Crippen MR) is 70.8 cm³/mol. The van der Waals surface area contributed by atoms with E-state index in [-0.39, 0.29) is 6.61 Å². The third-order valence-corrected chi connectivity index (χ3v) is 2.95. The zero-order chi connectivity index (χ0) is 12.5. The molecular formula is C15H24O2. The summed E-state index contributed by atoms with van der Waals surface area (Å²) in [6.07, 6.45) is 3.23. The molecule has 0 aliphatic rings. The van der Waals surface area contributed by atoms with Crippen molar-refractivity contribution in [3.8, 4) is 0 Å². The van der Waals surface area contributed by atoms with Gasteiger partial charge in [0.15, 0.2) is 0 Å². The van der Waals surface area contributed by atoms with Crippen molar-refractivity contribution in [2.24, 2.45) is 5.92 Å². The second kappa shape index (κ2) is 8.26. The number of aliphatic hydroxyl groups is 1. The maximum atomic E-state index is 8.78. The predicted octanol–water partition coefficient (Wildman–Crippen LogP) is 3.39. The summed E-state index contributed by atoms with van der Waals surface area (Å²) in [7, 11) is 0. The Hall–Kier alpha value is -0.860. The minimum absolute atomic E-state index is 0.281. The van der Waals surface area contributed by atoms with Gasteiger partial charge in [0.1, 0.15) is 0 Å². The lowest BCUT2D eigenvalue weighted by molar-refractivity contribution is 0.00320. The highest BCUT2D eigenvalue weighted by Gasteiger charge is 2.13. The van der Waals surface area contributed by atoms with Crippen molar-refractivity contribution >= 4 is 0 Å². The van der Waals surface area contributed by atoms with Gasteiger partial charge in [0.25, 0.3) is 0 Å². The molecule has 1 atom stereocenters. The number of hydrogen-bond acceptors (Lipinski definition) is 2. The molecule has 2 heteroatoms. The minimum Gasteiger partial charge on any atom is -0.396 e. The van der Waals surface area contributed by atoms with Crippen LogP contribution in [0.4, 0.5) is 0 Å². The topological polar surface area (TPSA) is 29.5 Å². The molecular weight excluding hydrogens is 212 g/mol. The first-order valence-electron chi connectivity index (χ1n) is 6.50. The van der Waals surface area contributed by atoms with Crippen molar-refractivity contribution in [2.75, 3.05) is 6.61 Å². The van der Waals surface area contributed by atoms with Crippen LogP contribution in [0.25, 0.3) is 0 Å². The third kappa shape index (κ3) is 5.85. The Morgan fingerprint density at radius 1 is 1.12 bits per heavy atom. The zero-order valence-electron chi connectivity index (χ0n) is 10.9. The summed E-state index contributed by atoms with van der Waals surface area (Å²) in [5, 5.41) is 8.78. The first-order chi connectivity index (χ1) is 8.24. The standard InChI is InChI=1S/C15H24O2/c1-13(2)15(10-6-7-11-16)17-12-14-8-4-3-5-9-14/h3-5,8-9,13,15-16H,6-7,10-12H2,1-2H3/t15-/m0/s1. The summed E-state index contributed by atoms with van der Waals surface area (Å²) < 4.78 is 5.95. The van der Waals surface area contributed by atoms with Gasteiger partial charge in [0.05, 0.1) is 12.7 Å². The van der Waals surface area contributed by atoms with E-state index in [1.807, 2.05) is 18.2 Å². The summed E-state index contributed by atoms with van der Waals surface area (Å²) in [5.74, 6) is 0.525. The van der Waals surface area contributed by atoms with Crippen LogP contribution in [0.5, 0.6) is 0 Å². The van der Waals surface area contributed by atoms with E-state index in [4.69, 9.17) is 9.84 Å². The summed E-state index contributed by atoms with van der Waals surface area (Å²) >= 11 is 0. The van der Waals surface area contributed by atoms with Gasteiger partial charge in [-0.1, -0.05) is 44.2 Å². The van der Waals surface area contributed by atoms with Gasteiger partial charge in [-0.15, -0.1) is 0 Å². The van der Waals surface area contributed by atoms with Crippen LogP contribution in [0, 0.1) is 5.92 Å². The van der Waals surface area contributed by atoms with Gasteiger partial charge in [-0.2, -0.15) is 0 Å². The molecule has 0 heterocycles. The first kappa shape index (κ1) is 14.2. The number of aliphatic hydroxyl groups excluding tert-OH is 1. The molecule has 0 aliphatic carbocycles. The molecule has 0 aromatic heterocycles. The van der Waals surface area contributed by atoms with Crippen molar-refractivity contribution in [3.05, 3.63) is 35.9 Å². The van der Waals surface area contributed by atoms with Gasteiger partial charge in [-0.05, 0) is 30.7 Å². The van der Waals surface area contributed by atoms with E-state index in [0.717, 1.165) is 19.3 Å². The van der Waals surface area contributed by atoms with E-state index in [1.165, 1.54) is 5.56 Å². The van der Waals surface area contributed by atoms with Crippen molar-refractivity contribution in [1.82, 2.24) is 0 Å². The largest absolute Gasteiger partial charge is 0.396 e. The molecule has 0 spiro atoms. The lowest BCUT2D eigenvalue weighted by Gasteiger charge is -2.21. The quantitative estimate of drug-likeness (QED) is 0.701. The van der Waals surface area contributed by atoms with Gasteiger partial charge in [0.2, 0.25) is 0 Å². The molecule has 96 valence electrons. The minimum atomic E-state index is 0.281. The van der Waals surface area contributed by atoms with Crippen LogP contribution >= 0.6 is 0 Å². The summed E-state index contributed by atoms with van der Waals surface area (Å²) in [4.78, 5) is 0. The van der Waals surface area contributed by atoms with E-state index < -0.39 is 0 Å². The van der Waals surface area contributed by atoms with Crippen LogP contribution in [-0.4, -0.2) is 17.8 Å². The molecule has 2 nitrogen and oxygen atoms in total. The van der Waals surface area contributed by atoms with Gasteiger partial charge < -0.3 is 9.84 Å². The Kier molecular flexibility index (Phi) is 6.90. The fraction of sp³-hybridized carbons (Fsp3) is 0.600. The smallest absolute Gasteiger partial charge is 0.0720 e. The monoisotopic (exact) mass is 236 g/mol. The molecule has 1 aromatic rings. The van der Waals surface area contributed by atoms with Gasteiger partial charge in [-0.3, -0.25) is 0 Å². The van der Waals surface area contributed by atoms with Crippen LogP contribution in [-0.2, 0) is 11.3 Å². The van der Waals surface area contributed by atoms with Crippen LogP contribution in [0.3, 0.4) is 0 Å². The molecule has 0 fully saturated rings. The van der Waals surface area contributed by atoms with Crippen LogP contribution in [0.1, 0.15) is 38.7 Å². The molecule has 0 aliphatic heterocycles. The molecule has 0 unspecified atom stereocenters. The lowest BCUT2D eigenvalue weighted by atomic mass is 10.0. The van der Waals surface area contributed by atoms with E-state index in [0.29, 0.717) is 18.6 Å². The highest BCUT2D eigenvalue weighted by atomic mass is 16.5. The summed E-state index contributed by atoms with van der Waals surface area (Å²) in [6.45, 7) is 5.34. The number of ether oxygens (including phenoxy) is 1. The normalized spacial score (nSPS) is 12.9. The maximum Gasteiger partial charge on any atom is 0.0720 e. The summed E-state index contributed by atoms with van der Waals surface area (Å²) in [5.41, 5.74) is 1.22. The van der Waals surface area contributed by atoms with E-state index in [9.17, 15) is 0 Å². The van der Waals surface area contributed by atoms with E-state index >= 15 is 0 Å². The maximum absolute atomic E-state index is 8.78. The number of hydrogen-bond donors (Lipinski definition) is 1. The number of rotatable bonds is 8. The van der Waals surface area contributed by atoms with Gasteiger partial charge in [0, 0.05) is 6.61 Å². The Bertz CT molecular complexity index is 282. The van der Waals surface area contributed by atoms with Crippen molar-refractivity contribution in [2.45, 2.75) is 45.8 Å². The van der Waals surface area contributed by atoms with Crippen molar-refractivity contribution in [3.63, 3.8) is 0 Å². The Labute approximate surface area is 105 Å². The SMILES string of the molecule is CC(C)[C@H](CCCCO)OCc1ccccc1. The summed E-state index contributed by atoms with van der Waals surface area (Å²) in [6, 6.07) is 10.3. The highest BCUT2D eigenvalue weighted by molar-refractivity contribution is 5.13. The van der Waals surface area contributed by atoms with Crippen molar-refractivity contribution in [1.29, 1.82) is 0 Å². The van der Waals surface area contributed by atoms with Crippen LogP contribution in [0.2, 0.25) is 0 Å². The molecule has 0 saturated carbocycles. The number of unbranched alkanes of at least 4 members (excludes halogenated alkanes) is 1. The second-order valence-corrected chi connectivity index (χ2v) is 4.80. The third-order valence-electron chi connectivity index (χ3n) is 2.95. The zero-order valence-corrected chi connectivity index (χ0v) is 10.9. The molecule has 0 amide bonds. The van der Waals surface area contributed by atoms with Gasteiger partial charge >= 0.3 is 0 Å². The van der Waals surface area contributed by atoms with Crippen LogP contribution < -0.4 is 0 Å². The lowest BCUT2D eigenvalue weighted by Crippen LogP contribution is -2.19.